The van der Waals surface area contributed by atoms with Gasteiger partial charge in [0.2, 0.25) is 5.91 Å². The Bertz CT molecular complexity index is 429. The SMILES string of the molecule is Cc1cccc(NC(=O)C(C)C2CNC2)c1Br. The lowest BCUT2D eigenvalue weighted by molar-refractivity contribution is -0.121. The molecule has 1 heterocycles. The van der Waals surface area contributed by atoms with Crippen LogP contribution in [0.15, 0.2) is 22.7 Å². The van der Waals surface area contributed by atoms with Crippen molar-refractivity contribution in [2.24, 2.45) is 11.8 Å². The molecule has 17 heavy (non-hydrogen) atoms. The Labute approximate surface area is 110 Å². The highest BCUT2D eigenvalue weighted by Crippen LogP contribution is 2.27. The summed E-state index contributed by atoms with van der Waals surface area (Å²) in [5.74, 6) is 0.630. The van der Waals surface area contributed by atoms with E-state index in [4.69, 9.17) is 0 Å². The molecule has 0 aliphatic carbocycles. The second kappa shape index (κ2) is 5.19. The van der Waals surface area contributed by atoms with Gasteiger partial charge in [0.15, 0.2) is 0 Å². The number of halogens is 1. The minimum Gasteiger partial charge on any atom is -0.325 e. The van der Waals surface area contributed by atoms with Gasteiger partial charge in [-0.3, -0.25) is 4.79 Å². The van der Waals surface area contributed by atoms with E-state index >= 15 is 0 Å². The van der Waals surface area contributed by atoms with Gasteiger partial charge in [-0.25, -0.2) is 0 Å². The summed E-state index contributed by atoms with van der Waals surface area (Å²) in [4.78, 5) is 12.1. The molecule has 1 fully saturated rings. The summed E-state index contributed by atoms with van der Waals surface area (Å²) < 4.78 is 0.965. The van der Waals surface area contributed by atoms with Crippen molar-refractivity contribution in [3.8, 4) is 0 Å². The molecule has 0 spiro atoms. The highest BCUT2D eigenvalue weighted by molar-refractivity contribution is 9.10. The van der Waals surface area contributed by atoms with Crippen LogP contribution in [0, 0.1) is 18.8 Å². The topological polar surface area (TPSA) is 41.1 Å². The smallest absolute Gasteiger partial charge is 0.227 e. The molecule has 1 amide bonds. The first-order chi connectivity index (χ1) is 8.09. The number of carbonyl (C=O) groups excluding carboxylic acids is 1. The molecular formula is C13H17BrN2O. The zero-order chi connectivity index (χ0) is 12.4. The molecule has 0 aromatic heterocycles. The van der Waals surface area contributed by atoms with Gasteiger partial charge in [0.1, 0.15) is 0 Å². The average molecular weight is 297 g/mol. The van der Waals surface area contributed by atoms with E-state index in [2.05, 4.69) is 26.6 Å². The molecule has 92 valence electrons. The van der Waals surface area contributed by atoms with Gasteiger partial charge in [-0.05, 0) is 53.5 Å². The molecule has 1 aliphatic heterocycles. The monoisotopic (exact) mass is 296 g/mol. The van der Waals surface area contributed by atoms with Crippen LogP contribution in [0.4, 0.5) is 5.69 Å². The number of rotatable bonds is 3. The molecule has 0 radical (unpaired) electrons. The van der Waals surface area contributed by atoms with Crippen LogP contribution in [-0.2, 0) is 4.79 Å². The summed E-state index contributed by atoms with van der Waals surface area (Å²) in [7, 11) is 0. The van der Waals surface area contributed by atoms with Crippen LogP contribution >= 0.6 is 15.9 Å². The maximum Gasteiger partial charge on any atom is 0.227 e. The third kappa shape index (κ3) is 2.69. The van der Waals surface area contributed by atoms with Gasteiger partial charge < -0.3 is 10.6 Å². The Hall–Kier alpha value is -0.870. The number of carbonyl (C=O) groups is 1. The lowest BCUT2D eigenvalue weighted by atomic mass is 9.88. The zero-order valence-corrected chi connectivity index (χ0v) is 11.7. The van der Waals surface area contributed by atoms with Gasteiger partial charge >= 0.3 is 0 Å². The van der Waals surface area contributed by atoms with Crippen LogP contribution in [-0.4, -0.2) is 19.0 Å². The summed E-state index contributed by atoms with van der Waals surface area (Å²) in [6, 6.07) is 5.88. The van der Waals surface area contributed by atoms with Crippen molar-refractivity contribution in [1.82, 2.24) is 5.32 Å². The van der Waals surface area contributed by atoms with Crippen LogP contribution in [0.2, 0.25) is 0 Å². The molecule has 4 heteroatoms. The number of hydrogen-bond donors (Lipinski definition) is 2. The van der Waals surface area contributed by atoms with Gasteiger partial charge in [0.25, 0.3) is 0 Å². The standard InChI is InChI=1S/C13H17BrN2O/c1-8-4-3-5-11(12(8)14)16-13(17)9(2)10-6-15-7-10/h3-5,9-10,15H,6-7H2,1-2H3,(H,16,17). The minimum absolute atomic E-state index is 0.0589. The molecule has 3 nitrogen and oxygen atoms in total. The van der Waals surface area contributed by atoms with Gasteiger partial charge in [-0.1, -0.05) is 19.1 Å². The Balaban J connectivity index is 2.04. The highest BCUT2D eigenvalue weighted by atomic mass is 79.9. The summed E-state index contributed by atoms with van der Waals surface area (Å²) >= 11 is 3.50. The average Bonchev–Trinajstić information content (AvgIpc) is 2.22. The van der Waals surface area contributed by atoms with Crippen molar-refractivity contribution < 1.29 is 4.79 Å². The largest absolute Gasteiger partial charge is 0.325 e. The Kier molecular flexibility index (Phi) is 3.84. The lowest BCUT2D eigenvalue weighted by Crippen LogP contribution is -2.48. The zero-order valence-electron chi connectivity index (χ0n) is 10.1. The van der Waals surface area contributed by atoms with Gasteiger partial charge in [0, 0.05) is 10.4 Å². The molecule has 1 atom stereocenters. The third-order valence-electron chi connectivity index (χ3n) is 3.38. The van der Waals surface area contributed by atoms with Crippen molar-refractivity contribution >= 4 is 27.5 Å². The van der Waals surface area contributed by atoms with Crippen LogP contribution < -0.4 is 10.6 Å². The van der Waals surface area contributed by atoms with E-state index in [0.29, 0.717) is 5.92 Å². The van der Waals surface area contributed by atoms with Crippen molar-refractivity contribution in [2.45, 2.75) is 13.8 Å². The van der Waals surface area contributed by atoms with Crippen molar-refractivity contribution in [2.75, 3.05) is 18.4 Å². The summed E-state index contributed by atoms with van der Waals surface area (Å²) in [6.45, 7) is 5.90. The molecule has 1 unspecified atom stereocenters. The normalized spacial score (nSPS) is 17.4. The number of benzene rings is 1. The molecule has 2 N–H and O–H groups in total. The van der Waals surface area contributed by atoms with Gasteiger partial charge in [-0.2, -0.15) is 0 Å². The first-order valence-electron chi connectivity index (χ1n) is 5.86. The molecular weight excluding hydrogens is 280 g/mol. The molecule has 1 aromatic carbocycles. The number of hydrogen-bond acceptors (Lipinski definition) is 2. The van der Waals surface area contributed by atoms with E-state index in [0.717, 1.165) is 28.8 Å². The lowest BCUT2D eigenvalue weighted by Gasteiger charge is -2.31. The van der Waals surface area contributed by atoms with E-state index in [1.807, 2.05) is 32.0 Å². The molecule has 1 aliphatic rings. The van der Waals surface area contributed by atoms with Gasteiger partial charge in [0.05, 0.1) is 5.69 Å². The first-order valence-corrected chi connectivity index (χ1v) is 6.65. The third-order valence-corrected chi connectivity index (χ3v) is 4.44. The van der Waals surface area contributed by atoms with E-state index in [1.165, 1.54) is 0 Å². The summed E-state index contributed by atoms with van der Waals surface area (Å²) in [5, 5.41) is 6.18. The van der Waals surface area contributed by atoms with E-state index < -0.39 is 0 Å². The Morgan fingerprint density at radius 1 is 1.53 bits per heavy atom. The van der Waals surface area contributed by atoms with Gasteiger partial charge in [-0.15, -0.1) is 0 Å². The highest BCUT2D eigenvalue weighted by Gasteiger charge is 2.28. The van der Waals surface area contributed by atoms with Crippen LogP contribution in [0.1, 0.15) is 12.5 Å². The maximum atomic E-state index is 12.1. The van der Waals surface area contributed by atoms with Crippen LogP contribution in [0.25, 0.3) is 0 Å². The Morgan fingerprint density at radius 2 is 2.24 bits per heavy atom. The quantitative estimate of drug-likeness (QED) is 0.900. The number of amides is 1. The van der Waals surface area contributed by atoms with E-state index in [9.17, 15) is 4.79 Å². The van der Waals surface area contributed by atoms with E-state index in [-0.39, 0.29) is 11.8 Å². The first kappa shape index (κ1) is 12.6. The van der Waals surface area contributed by atoms with Crippen molar-refractivity contribution in [3.05, 3.63) is 28.2 Å². The fourth-order valence-corrected chi connectivity index (χ4v) is 2.23. The molecule has 1 saturated heterocycles. The van der Waals surface area contributed by atoms with Crippen molar-refractivity contribution in [3.63, 3.8) is 0 Å². The molecule has 2 rings (SSSR count). The molecule has 0 saturated carbocycles. The fourth-order valence-electron chi connectivity index (χ4n) is 1.87. The predicted octanol–water partition coefficient (Wildman–Crippen LogP) is 2.55. The fraction of sp³-hybridized carbons (Fsp3) is 0.462. The summed E-state index contributed by atoms with van der Waals surface area (Å²) in [5.41, 5.74) is 1.98. The second-order valence-corrected chi connectivity index (χ2v) is 5.43. The Morgan fingerprint density at radius 3 is 2.82 bits per heavy atom. The van der Waals surface area contributed by atoms with Crippen LogP contribution in [0.5, 0.6) is 0 Å². The number of anilines is 1. The van der Waals surface area contributed by atoms with Crippen LogP contribution in [0.3, 0.4) is 0 Å². The number of aryl methyl sites for hydroxylation is 1. The molecule has 0 bridgehead atoms. The number of nitrogens with one attached hydrogen (secondary N) is 2. The van der Waals surface area contributed by atoms with E-state index in [1.54, 1.807) is 0 Å². The minimum atomic E-state index is 0.0589. The van der Waals surface area contributed by atoms with Crippen molar-refractivity contribution in [1.29, 1.82) is 0 Å². The second-order valence-electron chi connectivity index (χ2n) is 4.63. The predicted molar refractivity (Wildman–Crippen MR) is 73.0 cm³/mol. The maximum absolute atomic E-state index is 12.1. The molecule has 1 aromatic rings. The summed E-state index contributed by atoms with van der Waals surface area (Å²) in [6.07, 6.45) is 0.